The zero-order valence-corrected chi connectivity index (χ0v) is 13.0. The fraction of sp³-hybridized carbons (Fsp3) is 0.294. The van der Waals surface area contributed by atoms with E-state index in [1.807, 2.05) is 11.0 Å². The standard InChI is InChI=1S/C17H16N4O3/c22-17(13-4-1-2-8-18-13)21-9-6-12(7-10-21)15-19-20-16(24-15)14-5-3-11-23-14/h1-5,8,11-12H,6-7,9-10H2. The first-order valence-corrected chi connectivity index (χ1v) is 7.89. The van der Waals surface area contributed by atoms with Gasteiger partial charge in [-0.15, -0.1) is 10.2 Å². The lowest BCUT2D eigenvalue weighted by atomic mass is 9.96. The number of amides is 1. The van der Waals surface area contributed by atoms with Crippen LogP contribution in [0.5, 0.6) is 0 Å². The van der Waals surface area contributed by atoms with Crippen LogP contribution in [0.1, 0.15) is 35.1 Å². The maximum atomic E-state index is 12.4. The number of hydrogen-bond donors (Lipinski definition) is 0. The van der Waals surface area contributed by atoms with E-state index in [0.717, 1.165) is 12.8 Å². The molecule has 1 amide bonds. The number of carbonyl (C=O) groups is 1. The Morgan fingerprint density at radius 2 is 2.00 bits per heavy atom. The van der Waals surface area contributed by atoms with Crippen molar-refractivity contribution in [1.82, 2.24) is 20.1 Å². The van der Waals surface area contributed by atoms with Gasteiger partial charge in [-0.2, -0.15) is 0 Å². The van der Waals surface area contributed by atoms with Crippen molar-refractivity contribution in [2.75, 3.05) is 13.1 Å². The molecule has 7 nitrogen and oxygen atoms in total. The fourth-order valence-electron chi connectivity index (χ4n) is 2.88. The first-order chi connectivity index (χ1) is 11.8. The van der Waals surface area contributed by atoms with Crippen LogP contribution in [0, 0.1) is 0 Å². The molecule has 4 rings (SSSR count). The number of hydrogen-bond acceptors (Lipinski definition) is 6. The molecule has 0 spiro atoms. The van der Waals surface area contributed by atoms with E-state index in [2.05, 4.69) is 15.2 Å². The molecule has 1 fully saturated rings. The molecule has 1 aliphatic rings. The quantitative estimate of drug-likeness (QED) is 0.736. The van der Waals surface area contributed by atoms with Crippen molar-refractivity contribution in [3.05, 3.63) is 54.4 Å². The Morgan fingerprint density at radius 1 is 1.12 bits per heavy atom. The van der Waals surface area contributed by atoms with Gasteiger partial charge in [-0.3, -0.25) is 9.78 Å². The molecule has 122 valence electrons. The Labute approximate surface area is 138 Å². The molecule has 0 unspecified atom stereocenters. The van der Waals surface area contributed by atoms with Crippen LogP contribution in [0.15, 0.2) is 51.6 Å². The smallest absolute Gasteiger partial charge is 0.283 e. The monoisotopic (exact) mass is 324 g/mol. The molecule has 4 heterocycles. The van der Waals surface area contributed by atoms with E-state index in [-0.39, 0.29) is 11.8 Å². The van der Waals surface area contributed by atoms with Crippen molar-refractivity contribution in [2.24, 2.45) is 0 Å². The van der Waals surface area contributed by atoms with Gasteiger partial charge in [-0.05, 0) is 37.1 Å². The van der Waals surface area contributed by atoms with Gasteiger partial charge < -0.3 is 13.7 Å². The average molecular weight is 324 g/mol. The number of pyridine rings is 1. The predicted octanol–water partition coefficient (Wildman–Crippen LogP) is 2.74. The highest BCUT2D eigenvalue weighted by Gasteiger charge is 2.28. The fourth-order valence-corrected chi connectivity index (χ4v) is 2.88. The average Bonchev–Trinajstić information content (AvgIpc) is 3.33. The van der Waals surface area contributed by atoms with Gasteiger partial charge in [0.25, 0.3) is 11.8 Å². The van der Waals surface area contributed by atoms with E-state index in [1.54, 1.807) is 36.7 Å². The van der Waals surface area contributed by atoms with Crippen LogP contribution >= 0.6 is 0 Å². The van der Waals surface area contributed by atoms with Crippen molar-refractivity contribution in [1.29, 1.82) is 0 Å². The van der Waals surface area contributed by atoms with E-state index < -0.39 is 0 Å². The summed E-state index contributed by atoms with van der Waals surface area (Å²) >= 11 is 0. The van der Waals surface area contributed by atoms with E-state index in [1.165, 1.54) is 0 Å². The Balaban J connectivity index is 1.40. The second kappa shape index (κ2) is 6.27. The molecule has 0 radical (unpaired) electrons. The summed E-state index contributed by atoms with van der Waals surface area (Å²) in [5.41, 5.74) is 0.480. The molecular weight excluding hydrogens is 308 g/mol. The number of furan rings is 1. The molecular formula is C17H16N4O3. The highest BCUT2D eigenvalue weighted by Crippen LogP contribution is 2.29. The van der Waals surface area contributed by atoms with Crippen LogP contribution in [0.25, 0.3) is 11.7 Å². The minimum atomic E-state index is -0.0316. The number of piperidine rings is 1. The third-order valence-electron chi connectivity index (χ3n) is 4.19. The second-order valence-corrected chi connectivity index (χ2v) is 5.70. The highest BCUT2D eigenvalue weighted by atomic mass is 16.4. The van der Waals surface area contributed by atoms with Gasteiger partial charge >= 0.3 is 0 Å². The van der Waals surface area contributed by atoms with Crippen LogP contribution in [0.2, 0.25) is 0 Å². The Kier molecular flexibility index (Phi) is 3.82. The van der Waals surface area contributed by atoms with Crippen molar-refractivity contribution in [3.8, 4) is 11.7 Å². The summed E-state index contributed by atoms with van der Waals surface area (Å²) in [4.78, 5) is 18.3. The van der Waals surface area contributed by atoms with Crippen LogP contribution in [0.3, 0.4) is 0 Å². The zero-order chi connectivity index (χ0) is 16.4. The summed E-state index contributed by atoms with van der Waals surface area (Å²) < 4.78 is 11.0. The molecule has 3 aromatic heterocycles. The van der Waals surface area contributed by atoms with Gasteiger partial charge in [0.05, 0.1) is 6.26 Å². The molecule has 0 aromatic carbocycles. The summed E-state index contributed by atoms with van der Waals surface area (Å²) in [6.45, 7) is 1.30. The number of aromatic nitrogens is 3. The van der Waals surface area contributed by atoms with E-state index in [4.69, 9.17) is 8.83 Å². The molecule has 1 saturated heterocycles. The minimum absolute atomic E-state index is 0.0316. The molecule has 24 heavy (non-hydrogen) atoms. The molecule has 7 heteroatoms. The lowest BCUT2D eigenvalue weighted by Crippen LogP contribution is -2.38. The van der Waals surface area contributed by atoms with Gasteiger partial charge in [-0.25, -0.2) is 0 Å². The maximum Gasteiger partial charge on any atom is 0.283 e. The largest absolute Gasteiger partial charge is 0.459 e. The van der Waals surface area contributed by atoms with Gasteiger partial charge in [0.2, 0.25) is 5.89 Å². The van der Waals surface area contributed by atoms with E-state index in [9.17, 15) is 4.79 Å². The van der Waals surface area contributed by atoms with Crippen LogP contribution in [-0.4, -0.2) is 39.1 Å². The number of likely N-dealkylation sites (tertiary alicyclic amines) is 1. The normalized spacial score (nSPS) is 15.6. The lowest BCUT2D eigenvalue weighted by molar-refractivity contribution is 0.0700. The van der Waals surface area contributed by atoms with E-state index in [0.29, 0.717) is 36.3 Å². The SMILES string of the molecule is O=C(c1ccccn1)N1CCC(c2nnc(-c3ccco3)o2)CC1. The topological polar surface area (TPSA) is 85.3 Å². The molecule has 0 aliphatic carbocycles. The zero-order valence-electron chi connectivity index (χ0n) is 13.0. The predicted molar refractivity (Wildman–Crippen MR) is 84.1 cm³/mol. The van der Waals surface area contributed by atoms with Crippen LogP contribution in [0.4, 0.5) is 0 Å². The number of carbonyl (C=O) groups excluding carboxylic acids is 1. The summed E-state index contributed by atoms with van der Waals surface area (Å²) in [5.74, 6) is 1.69. The summed E-state index contributed by atoms with van der Waals surface area (Å²) in [7, 11) is 0. The Hall–Kier alpha value is -2.96. The first-order valence-electron chi connectivity index (χ1n) is 7.89. The van der Waals surface area contributed by atoms with Crippen LogP contribution < -0.4 is 0 Å². The summed E-state index contributed by atoms with van der Waals surface area (Å²) in [6.07, 6.45) is 4.78. The van der Waals surface area contributed by atoms with Gasteiger partial charge in [0.1, 0.15) is 5.69 Å². The van der Waals surface area contributed by atoms with Crippen LogP contribution in [-0.2, 0) is 0 Å². The highest BCUT2D eigenvalue weighted by molar-refractivity contribution is 5.92. The molecule has 0 N–H and O–H groups in total. The van der Waals surface area contributed by atoms with E-state index >= 15 is 0 Å². The maximum absolute atomic E-state index is 12.4. The van der Waals surface area contributed by atoms with Crippen molar-refractivity contribution in [2.45, 2.75) is 18.8 Å². The summed E-state index contributed by atoms with van der Waals surface area (Å²) in [5, 5.41) is 8.17. The van der Waals surface area contributed by atoms with Gasteiger partial charge in [0, 0.05) is 25.2 Å². The molecule has 1 aliphatic heterocycles. The third kappa shape index (κ3) is 2.80. The molecule has 3 aromatic rings. The van der Waals surface area contributed by atoms with Crippen molar-refractivity contribution < 1.29 is 13.6 Å². The Morgan fingerprint density at radius 3 is 2.71 bits per heavy atom. The molecule has 0 bridgehead atoms. The minimum Gasteiger partial charge on any atom is -0.459 e. The lowest BCUT2D eigenvalue weighted by Gasteiger charge is -2.30. The Bertz CT molecular complexity index is 806. The number of nitrogens with zero attached hydrogens (tertiary/aromatic N) is 4. The van der Waals surface area contributed by atoms with Crippen molar-refractivity contribution in [3.63, 3.8) is 0 Å². The molecule has 0 atom stereocenters. The van der Waals surface area contributed by atoms with Gasteiger partial charge in [0.15, 0.2) is 5.76 Å². The van der Waals surface area contributed by atoms with Crippen molar-refractivity contribution >= 4 is 5.91 Å². The number of rotatable bonds is 3. The summed E-state index contributed by atoms with van der Waals surface area (Å²) in [6, 6.07) is 8.92. The van der Waals surface area contributed by atoms with Gasteiger partial charge in [-0.1, -0.05) is 6.07 Å². The molecule has 0 saturated carbocycles. The second-order valence-electron chi connectivity index (χ2n) is 5.70. The first kappa shape index (κ1) is 14.6. The third-order valence-corrected chi connectivity index (χ3v) is 4.19.